The summed E-state index contributed by atoms with van der Waals surface area (Å²) in [6.07, 6.45) is 5.17. The standard InChI is InChI=1S/C22H19ClF2N2OS2/c23-18-9-21(30-27-22-12-29-13-26-22)19(25)10-20(18)28-11-15-3-1-2-4-17(15)14-5-7-16(24)8-6-14/h4-10,12-13,15,27H,1-3,11H2. The van der Waals surface area contributed by atoms with E-state index in [1.165, 1.54) is 29.5 Å². The Morgan fingerprint density at radius 2 is 2.07 bits per heavy atom. The van der Waals surface area contributed by atoms with Crippen LogP contribution in [0.1, 0.15) is 24.8 Å². The highest BCUT2D eigenvalue weighted by Gasteiger charge is 2.21. The SMILES string of the molecule is Fc1ccc(C2=CCCCC2COc2cc(F)c(SNc3cscn3)cc2Cl)cc1. The van der Waals surface area contributed by atoms with Crippen LogP contribution >= 0.6 is 34.9 Å². The minimum absolute atomic E-state index is 0.142. The van der Waals surface area contributed by atoms with Gasteiger partial charge in [0.1, 0.15) is 23.2 Å². The van der Waals surface area contributed by atoms with Crippen LogP contribution in [0.15, 0.2) is 58.3 Å². The molecule has 30 heavy (non-hydrogen) atoms. The van der Waals surface area contributed by atoms with Gasteiger partial charge in [-0.1, -0.05) is 29.8 Å². The minimum Gasteiger partial charge on any atom is -0.491 e. The second-order valence-corrected chi connectivity index (χ2v) is 8.87. The van der Waals surface area contributed by atoms with E-state index in [-0.39, 0.29) is 11.7 Å². The number of benzene rings is 2. The number of hydrogen-bond acceptors (Lipinski definition) is 5. The zero-order chi connectivity index (χ0) is 20.9. The number of nitrogens with one attached hydrogen (secondary N) is 1. The van der Waals surface area contributed by atoms with Crippen LogP contribution in [0.4, 0.5) is 14.6 Å². The summed E-state index contributed by atoms with van der Waals surface area (Å²) in [6, 6.07) is 9.36. The summed E-state index contributed by atoms with van der Waals surface area (Å²) in [4.78, 5) is 4.47. The van der Waals surface area contributed by atoms with E-state index in [9.17, 15) is 8.78 Å². The van der Waals surface area contributed by atoms with Crippen LogP contribution in [0.2, 0.25) is 5.02 Å². The van der Waals surface area contributed by atoms with Crippen molar-refractivity contribution < 1.29 is 13.5 Å². The number of hydrogen-bond donors (Lipinski definition) is 1. The van der Waals surface area contributed by atoms with Crippen molar-refractivity contribution in [1.29, 1.82) is 0 Å². The smallest absolute Gasteiger partial charge is 0.147 e. The highest BCUT2D eigenvalue weighted by Crippen LogP contribution is 2.36. The molecule has 0 spiro atoms. The Bertz CT molecular complexity index is 1030. The number of nitrogens with zero attached hydrogens (tertiary/aromatic N) is 1. The molecular formula is C22H19ClF2N2OS2. The van der Waals surface area contributed by atoms with Crippen LogP contribution in [0.25, 0.3) is 5.57 Å². The Labute approximate surface area is 187 Å². The first kappa shape index (κ1) is 21.2. The molecule has 3 aromatic rings. The van der Waals surface area contributed by atoms with Gasteiger partial charge < -0.3 is 9.46 Å². The number of thiazole rings is 1. The van der Waals surface area contributed by atoms with Crippen molar-refractivity contribution >= 4 is 46.3 Å². The van der Waals surface area contributed by atoms with E-state index in [1.54, 1.807) is 23.7 Å². The maximum atomic E-state index is 14.5. The molecular weight excluding hydrogens is 446 g/mol. The van der Waals surface area contributed by atoms with E-state index in [1.807, 2.05) is 5.38 Å². The zero-order valence-electron chi connectivity index (χ0n) is 15.9. The number of aromatic nitrogens is 1. The molecule has 0 amide bonds. The Morgan fingerprint density at radius 1 is 1.23 bits per heavy atom. The van der Waals surface area contributed by atoms with E-state index < -0.39 is 5.82 Å². The van der Waals surface area contributed by atoms with E-state index >= 15 is 0 Å². The predicted molar refractivity (Wildman–Crippen MR) is 120 cm³/mol. The fourth-order valence-electron chi connectivity index (χ4n) is 3.37. The van der Waals surface area contributed by atoms with Crippen LogP contribution < -0.4 is 9.46 Å². The number of rotatable bonds is 7. The lowest BCUT2D eigenvalue weighted by Crippen LogP contribution is -2.17. The summed E-state index contributed by atoms with van der Waals surface area (Å²) in [5.41, 5.74) is 3.82. The molecule has 0 saturated heterocycles. The first-order valence-corrected chi connectivity index (χ1v) is 11.6. The highest BCUT2D eigenvalue weighted by atomic mass is 35.5. The van der Waals surface area contributed by atoms with Gasteiger partial charge in [-0.15, -0.1) is 11.3 Å². The molecule has 1 heterocycles. The third kappa shape index (κ3) is 5.14. The molecule has 0 saturated carbocycles. The summed E-state index contributed by atoms with van der Waals surface area (Å²) >= 11 is 8.91. The first-order chi connectivity index (χ1) is 14.6. The third-order valence-corrected chi connectivity index (χ3v) is 6.59. The van der Waals surface area contributed by atoms with Crippen LogP contribution in [-0.4, -0.2) is 11.6 Å². The fourth-order valence-corrected chi connectivity index (χ4v) is 4.87. The van der Waals surface area contributed by atoms with Gasteiger partial charge in [0.05, 0.1) is 22.0 Å². The molecule has 0 radical (unpaired) electrons. The van der Waals surface area contributed by atoms with Crippen molar-refractivity contribution in [2.45, 2.75) is 24.2 Å². The van der Waals surface area contributed by atoms with E-state index in [0.29, 0.717) is 28.1 Å². The number of ether oxygens (including phenoxy) is 1. The average Bonchev–Trinajstić information content (AvgIpc) is 3.27. The zero-order valence-corrected chi connectivity index (χ0v) is 18.3. The quantitative estimate of drug-likeness (QED) is 0.368. The molecule has 0 bridgehead atoms. The van der Waals surface area contributed by atoms with Crippen molar-refractivity contribution in [3.05, 3.63) is 75.6 Å². The highest BCUT2D eigenvalue weighted by molar-refractivity contribution is 8.00. The molecule has 1 atom stereocenters. The van der Waals surface area contributed by atoms with Crippen molar-refractivity contribution in [2.75, 3.05) is 11.3 Å². The second kappa shape index (κ2) is 9.81. The van der Waals surface area contributed by atoms with Crippen molar-refractivity contribution in [3.63, 3.8) is 0 Å². The minimum atomic E-state index is -0.417. The molecule has 1 N–H and O–H groups in total. The summed E-state index contributed by atoms with van der Waals surface area (Å²) < 4.78 is 36.7. The Balaban J connectivity index is 1.43. The molecule has 8 heteroatoms. The first-order valence-electron chi connectivity index (χ1n) is 9.49. The molecule has 1 aliphatic carbocycles. The molecule has 1 aliphatic rings. The van der Waals surface area contributed by atoms with Crippen molar-refractivity contribution in [1.82, 2.24) is 4.98 Å². The second-order valence-electron chi connectivity index (χ2n) is 6.90. The molecule has 3 nitrogen and oxygen atoms in total. The lowest BCUT2D eigenvalue weighted by Gasteiger charge is -2.25. The fraction of sp³-hybridized carbons (Fsp3) is 0.227. The van der Waals surface area contributed by atoms with E-state index in [0.717, 1.165) is 42.3 Å². The van der Waals surface area contributed by atoms with Gasteiger partial charge in [-0.3, -0.25) is 0 Å². The summed E-state index contributed by atoms with van der Waals surface area (Å²) in [7, 11) is 0. The van der Waals surface area contributed by atoms with Crippen LogP contribution in [0.5, 0.6) is 5.75 Å². The Morgan fingerprint density at radius 3 is 2.83 bits per heavy atom. The molecule has 156 valence electrons. The van der Waals surface area contributed by atoms with Crippen molar-refractivity contribution in [3.8, 4) is 5.75 Å². The monoisotopic (exact) mass is 464 g/mol. The molecule has 0 fully saturated rings. The molecule has 4 rings (SSSR count). The number of allylic oxidation sites excluding steroid dienone is 1. The number of anilines is 1. The Hall–Kier alpha value is -2.09. The normalized spacial score (nSPS) is 16.2. The Kier molecular flexibility index (Phi) is 6.92. The van der Waals surface area contributed by atoms with Gasteiger partial charge in [0, 0.05) is 17.4 Å². The number of halogens is 3. The largest absolute Gasteiger partial charge is 0.491 e. The molecule has 0 aliphatic heterocycles. The molecule has 1 unspecified atom stereocenters. The lowest BCUT2D eigenvalue weighted by molar-refractivity contribution is 0.267. The summed E-state index contributed by atoms with van der Waals surface area (Å²) in [5, 5.41) is 2.18. The lowest BCUT2D eigenvalue weighted by atomic mass is 9.84. The maximum absolute atomic E-state index is 14.5. The maximum Gasteiger partial charge on any atom is 0.147 e. The van der Waals surface area contributed by atoms with Crippen molar-refractivity contribution in [2.24, 2.45) is 5.92 Å². The van der Waals surface area contributed by atoms with E-state index in [4.69, 9.17) is 16.3 Å². The van der Waals surface area contributed by atoms with Gasteiger partial charge >= 0.3 is 0 Å². The third-order valence-electron chi connectivity index (χ3n) is 4.86. The van der Waals surface area contributed by atoms with Gasteiger partial charge in [-0.05, 0) is 60.5 Å². The van der Waals surface area contributed by atoms with Gasteiger partial charge in [0.25, 0.3) is 0 Å². The van der Waals surface area contributed by atoms with Gasteiger partial charge in [-0.2, -0.15) is 0 Å². The van der Waals surface area contributed by atoms with Gasteiger partial charge in [0.15, 0.2) is 0 Å². The summed E-state index contributed by atoms with van der Waals surface area (Å²) in [6.45, 7) is 0.381. The average molecular weight is 465 g/mol. The van der Waals surface area contributed by atoms with Gasteiger partial charge in [-0.25, -0.2) is 13.8 Å². The van der Waals surface area contributed by atoms with Crippen LogP contribution in [-0.2, 0) is 0 Å². The predicted octanol–water partition coefficient (Wildman–Crippen LogP) is 7.46. The van der Waals surface area contributed by atoms with E-state index in [2.05, 4.69) is 15.8 Å². The van der Waals surface area contributed by atoms with Crippen LogP contribution in [0, 0.1) is 17.6 Å². The topological polar surface area (TPSA) is 34.1 Å². The van der Waals surface area contributed by atoms with Crippen LogP contribution in [0.3, 0.4) is 0 Å². The molecule has 2 aromatic carbocycles. The van der Waals surface area contributed by atoms with Gasteiger partial charge in [0.2, 0.25) is 0 Å². The summed E-state index contributed by atoms with van der Waals surface area (Å²) in [5.74, 6) is 0.450. The molecule has 1 aromatic heterocycles.